The predicted octanol–water partition coefficient (Wildman–Crippen LogP) is 5.38. The lowest BCUT2D eigenvalue weighted by Crippen LogP contribution is -2.14. The molecule has 0 atom stereocenters. The van der Waals surface area contributed by atoms with Crippen molar-refractivity contribution in [2.24, 2.45) is 18.0 Å². The van der Waals surface area contributed by atoms with Gasteiger partial charge >= 0.3 is 6.16 Å². The molecule has 7 nitrogen and oxygen atoms in total. The summed E-state index contributed by atoms with van der Waals surface area (Å²) in [6, 6.07) is 10.2. The number of carbonyl (C=O) groups excluding carboxylic acids is 1. The molecule has 32 heavy (non-hydrogen) atoms. The van der Waals surface area contributed by atoms with Crippen LogP contribution in [0.1, 0.15) is 57.1 Å². The first-order valence-corrected chi connectivity index (χ1v) is 10.7. The average Bonchev–Trinajstić information content (AvgIpc) is 3.05. The molecule has 7 heteroatoms. The zero-order valence-corrected chi connectivity index (χ0v) is 20.4. The number of nitrogens with zero attached hydrogens (tertiary/aromatic N) is 3. The zero-order valence-electron chi connectivity index (χ0n) is 20.4. The number of aliphatic imine (C=N–C) groups is 1. The molecule has 0 N–H and O–H groups in total. The number of rotatable bonds is 8. The van der Waals surface area contributed by atoms with Gasteiger partial charge in [-0.05, 0) is 35.4 Å². The van der Waals surface area contributed by atoms with Crippen molar-refractivity contribution >= 4 is 23.7 Å². The molecule has 0 radical (unpaired) electrons. The molecule has 1 aromatic carbocycles. The third kappa shape index (κ3) is 6.97. The summed E-state index contributed by atoms with van der Waals surface area (Å²) in [5.74, 6) is 0.735. The summed E-state index contributed by atoms with van der Waals surface area (Å²) in [4.78, 5) is 16.1. The Kier molecular flexibility index (Phi) is 8.63. The van der Waals surface area contributed by atoms with Crippen LogP contribution in [0.4, 0.5) is 4.79 Å². The summed E-state index contributed by atoms with van der Waals surface area (Å²) in [6.45, 7) is 12.3. The van der Waals surface area contributed by atoms with Crippen molar-refractivity contribution in [2.75, 3.05) is 20.4 Å². The number of allylic oxidation sites excluding steroid dienone is 1. The third-order valence-corrected chi connectivity index (χ3v) is 4.71. The van der Waals surface area contributed by atoms with E-state index < -0.39 is 6.16 Å². The second-order valence-electron chi connectivity index (χ2n) is 9.11. The normalized spacial score (nSPS) is 12.8. The lowest BCUT2D eigenvalue weighted by Gasteiger charge is -2.20. The smallest absolute Gasteiger partial charge is 0.454 e. The number of carbonyl (C=O) groups is 1. The molecule has 2 rings (SSSR count). The lowest BCUT2D eigenvalue weighted by molar-refractivity contribution is -0.00942. The molecule has 0 saturated heterocycles. The van der Waals surface area contributed by atoms with Gasteiger partial charge in [0.15, 0.2) is 5.76 Å². The van der Waals surface area contributed by atoms with E-state index in [0.29, 0.717) is 5.76 Å². The van der Waals surface area contributed by atoms with Crippen LogP contribution in [0.5, 0.6) is 0 Å². The minimum absolute atomic E-state index is 0.0456. The second-order valence-corrected chi connectivity index (χ2v) is 9.11. The molecule has 2 aromatic rings. The summed E-state index contributed by atoms with van der Waals surface area (Å²) in [5, 5.41) is 4.43. The molecule has 0 bridgehead atoms. The molecule has 0 aliphatic rings. The number of benzene rings is 1. The fraction of sp³-hybridized carbons (Fsp3) is 0.480. The van der Waals surface area contributed by atoms with Gasteiger partial charge in [-0.15, -0.1) is 0 Å². The van der Waals surface area contributed by atoms with E-state index in [4.69, 9.17) is 14.2 Å². The van der Waals surface area contributed by atoms with Crippen LogP contribution < -0.4 is 0 Å². The van der Waals surface area contributed by atoms with E-state index in [1.165, 1.54) is 5.56 Å². The molecule has 0 saturated carbocycles. The molecule has 0 unspecified atom stereocenters. The Morgan fingerprint density at radius 2 is 1.81 bits per heavy atom. The van der Waals surface area contributed by atoms with Gasteiger partial charge in [0.05, 0.1) is 12.3 Å². The summed E-state index contributed by atoms with van der Waals surface area (Å²) in [5.41, 5.74) is 4.55. The highest BCUT2D eigenvalue weighted by Crippen LogP contribution is 2.29. The SMILES string of the molecule is C/N=C\C(=C(\OCOC(=O)OCC(C)C)c1cc(C)nn1C)c1ccc(C(C)(C)C)cc1. The van der Waals surface area contributed by atoms with Crippen molar-refractivity contribution in [2.45, 2.75) is 47.0 Å². The quantitative estimate of drug-likeness (QED) is 0.238. The molecule has 0 aliphatic heterocycles. The van der Waals surface area contributed by atoms with Gasteiger partial charge in [-0.2, -0.15) is 5.10 Å². The number of aromatic nitrogens is 2. The van der Waals surface area contributed by atoms with Crippen LogP contribution in [0.15, 0.2) is 35.3 Å². The number of hydrogen-bond acceptors (Lipinski definition) is 6. The van der Waals surface area contributed by atoms with Crippen molar-refractivity contribution < 1.29 is 19.0 Å². The molecule has 0 fully saturated rings. The highest BCUT2D eigenvalue weighted by atomic mass is 16.8. The fourth-order valence-corrected chi connectivity index (χ4v) is 3.07. The standard InChI is InChI=1S/C25H35N3O4/c1-17(2)15-30-24(29)32-16-31-23(22-13-18(3)27-28(22)8)21(14-26-7)19-9-11-20(12-10-19)25(4,5)6/h9-14,17H,15-16H2,1-8H3/b23-21-,26-14-. The average molecular weight is 442 g/mol. The fourth-order valence-electron chi connectivity index (χ4n) is 3.07. The lowest BCUT2D eigenvalue weighted by atomic mass is 9.86. The zero-order chi connectivity index (χ0) is 23.9. The Hall–Kier alpha value is -3.09. The Morgan fingerprint density at radius 3 is 2.31 bits per heavy atom. The van der Waals surface area contributed by atoms with Crippen LogP contribution in [-0.2, 0) is 26.7 Å². The van der Waals surface area contributed by atoms with E-state index >= 15 is 0 Å². The summed E-state index contributed by atoms with van der Waals surface area (Å²) < 4.78 is 17.9. The molecule has 0 amide bonds. The van der Waals surface area contributed by atoms with Crippen LogP contribution in [0.2, 0.25) is 0 Å². The van der Waals surface area contributed by atoms with E-state index in [1.54, 1.807) is 17.9 Å². The maximum atomic E-state index is 11.8. The second kappa shape index (κ2) is 11.0. The van der Waals surface area contributed by atoms with Gasteiger partial charge in [0.2, 0.25) is 6.79 Å². The van der Waals surface area contributed by atoms with Gasteiger partial charge in [-0.1, -0.05) is 58.9 Å². The molecule has 174 valence electrons. The Balaban J connectivity index is 2.41. The van der Waals surface area contributed by atoms with Crippen LogP contribution in [0.3, 0.4) is 0 Å². The van der Waals surface area contributed by atoms with Crippen molar-refractivity contribution in [3.8, 4) is 0 Å². The Bertz CT molecular complexity index is 964. The van der Waals surface area contributed by atoms with E-state index in [1.807, 2.05) is 46.0 Å². The highest BCUT2D eigenvalue weighted by molar-refractivity contribution is 6.18. The maximum absolute atomic E-state index is 11.8. The third-order valence-electron chi connectivity index (χ3n) is 4.71. The van der Waals surface area contributed by atoms with Crippen molar-refractivity contribution in [3.63, 3.8) is 0 Å². The highest BCUT2D eigenvalue weighted by Gasteiger charge is 2.19. The van der Waals surface area contributed by atoms with Crippen LogP contribution in [0, 0.1) is 12.8 Å². The first kappa shape index (κ1) is 25.2. The first-order valence-electron chi connectivity index (χ1n) is 10.7. The minimum Gasteiger partial charge on any atom is -0.454 e. The van der Waals surface area contributed by atoms with Crippen LogP contribution >= 0.6 is 0 Å². The Labute approximate surface area is 191 Å². The van der Waals surface area contributed by atoms with Crippen molar-refractivity contribution in [1.82, 2.24) is 9.78 Å². The van der Waals surface area contributed by atoms with Gasteiger partial charge in [0.1, 0.15) is 5.69 Å². The molecule has 0 aliphatic carbocycles. The van der Waals surface area contributed by atoms with E-state index in [9.17, 15) is 4.79 Å². The minimum atomic E-state index is -0.764. The van der Waals surface area contributed by atoms with Gasteiger partial charge in [-0.25, -0.2) is 4.79 Å². The maximum Gasteiger partial charge on any atom is 0.511 e. The van der Waals surface area contributed by atoms with E-state index in [0.717, 1.165) is 22.5 Å². The first-order chi connectivity index (χ1) is 15.0. The monoisotopic (exact) mass is 441 g/mol. The van der Waals surface area contributed by atoms with Crippen LogP contribution in [-0.4, -0.2) is 42.6 Å². The number of hydrogen-bond donors (Lipinski definition) is 0. The van der Waals surface area contributed by atoms with E-state index in [2.05, 4.69) is 43.0 Å². The summed E-state index contributed by atoms with van der Waals surface area (Å²) in [7, 11) is 3.54. The van der Waals surface area contributed by atoms with Crippen LogP contribution in [0.25, 0.3) is 11.3 Å². The van der Waals surface area contributed by atoms with Gasteiger partial charge < -0.3 is 14.2 Å². The summed E-state index contributed by atoms with van der Waals surface area (Å²) >= 11 is 0. The van der Waals surface area contributed by atoms with Gasteiger partial charge in [0.25, 0.3) is 0 Å². The largest absolute Gasteiger partial charge is 0.511 e. The molecule has 1 heterocycles. The topological polar surface area (TPSA) is 74.9 Å². The van der Waals surface area contributed by atoms with Gasteiger partial charge in [0, 0.05) is 25.9 Å². The summed E-state index contributed by atoms with van der Waals surface area (Å²) in [6.07, 6.45) is 0.973. The van der Waals surface area contributed by atoms with Crippen molar-refractivity contribution in [1.29, 1.82) is 0 Å². The molecular weight excluding hydrogens is 406 g/mol. The predicted molar refractivity (Wildman–Crippen MR) is 128 cm³/mol. The van der Waals surface area contributed by atoms with Crippen molar-refractivity contribution in [3.05, 3.63) is 52.8 Å². The Morgan fingerprint density at radius 1 is 1.16 bits per heavy atom. The molecular formula is C25H35N3O4. The molecule has 0 spiro atoms. The van der Waals surface area contributed by atoms with E-state index in [-0.39, 0.29) is 24.7 Å². The van der Waals surface area contributed by atoms with Gasteiger partial charge in [-0.3, -0.25) is 9.67 Å². The number of ether oxygens (including phenoxy) is 3. The number of aryl methyl sites for hydroxylation is 2. The molecule has 1 aromatic heterocycles.